The zero-order chi connectivity index (χ0) is 14.8. The number of hydrogen-bond acceptors (Lipinski definition) is 2. The van der Waals surface area contributed by atoms with E-state index >= 15 is 0 Å². The number of phenols is 1. The van der Waals surface area contributed by atoms with Crippen molar-refractivity contribution in [2.24, 2.45) is 0 Å². The van der Waals surface area contributed by atoms with Gasteiger partial charge in [0.1, 0.15) is 0 Å². The number of para-hydroxylation sites is 1. The van der Waals surface area contributed by atoms with Crippen molar-refractivity contribution in [2.45, 2.75) is 6.54 Å². The topological polar surface area (TPSA) is 32.3 Å². The van der Waals surface area contributed by atoms with Gasteiger partial charge < -0.3 is 10.4 Å². The Kier molecular flexibility index (Phi) is 3.80. The van der Waals surface area contributed by atoms with Crippen LogP contribution in [-0.2, 0) is 6.54 Å². The Bertz CT molecular complexity index is 804. The molecule has 4 heteroatoms. The molecule has 0 atom stereocenters. The summed E-state index contributed by atoms with van der Waals surface area (Å²) in [6.45, 7) is 0.367. The Balaban J connectivity index is 1.82. The van der Waals surface area contributed by atoms with Crippen LogP contribution in [0.2, 0.25) is 0 Å². The van der Waals surface area contributed by atoms with Crippen LogP contribution in [0.25, 0.3) is 10.8 Å². The molecule has 0 aliphatic heterocycles. The van der Waals surface area contributed by atoms with Gasteiger partial charge in [-0.15, -0.1) is 0 Å². The van der Waals surface area contributed by atoms with Crippen molar-refractivity contribution in [2.75, 3.05) is 5.32 Å². The lowest BCUT2D eigenvalue weighted by atomic mass is 10.1. The molecule has 0 fully saturated rings. The van der Waals surface area contributed by atoms with E-state index in [9.17, 15) is 9.50 Å². The molecule has 21 heavy (non-hydrogen) atoms. The normalized spacial score (nSPS) is 10.8. The molecule has 2 N–H and O–H groups in total. The molecule has 106 valence electrons. The molecule has 3 rings (SSSR count). The van der Waals surface area contributed by atoms with Crippen molar-refractivity contribution in [3.05, 3.63) is 70.5 Å². The summed E-state index contributed by atoms with van der Waals surface area (Å²) >= 11 is 3.45. The zero-order valence-corrected chi connectivity index (χ0v) is 12.7. The van der Waals surface area contributed by atoms with Crippen LogP contribution in [0.4, 0.5) is 10.1 Å². The van der Waals surface area contributed by atoms with E-state index in [1.807, 2.05) is 30.3 Å². The number of benzene rings is 3. The maximum Gasteiger partial charge on any atom is 0.165 e. The quantitative estimate of drug-likeness (QED) is 0.695. The fraction of sp³-hybridized carbons (Fsp3) is 0.0588. The smallest absolute Gasteiger partial charge is 0.165 e. The molecule has 0 spiro atoms. The first-order valence-electron chi connectivity index (χ1n) is 6.53. The second kappa shape index (κ2) is 5.74. The average molecular weight is 346 g/mol. The van der Waals surface area contributed by atoms with E-state index < -0.39 is 5.82 Å². The molecule has 2 nitrogen and oxygen atoms in total. The lowest BCUT2D eigenvalue weighted by molar-refractivity contribution is 0.427. The largest absolute Gasteiger partial charge is 0.505 e. The van der Waals surface area contributed by atoms with Crippen LogP contribution in [0, 0.1) is 5.82 Å². The zero-order valence-electron chi connectivity index (χ0n) is 11.1. The van der Waals surface area contributed by atoms with Crippen molar-refractivity contribution >= 4 is 32.4 Å². The molecule has 0 aliphatic rings. The fourth-order valence-corrected chi connectivity index (χ4v) is 2.61. The van der Waals surface area contributed by atoms with Crippen LogP contribution in [0.5, 0.6) is 5.75 Å². The standard InChI is InChI=1S/C17H13BrFNO/c18-14-6-4-12-9-15(7-5-11(12)8-14)20-10-13-2-1-3-16(19)17(13)21/h1-9,20-21H,10H2. The molecule has 0 aromatic heterocycles. The van der Waals surface area contributed by atoms with Crippen molar-refractivity contribution in [1.29, 1.82) is 0 Å². The Hall–Kier alpha value is -2.07. The van der Waals surface area contributed by atoms with Crippen LogP contribution >= 0.6 is 15.9 Å². The maximum atomic E-state index is 13.3. The van der Waals surface area contributed by atoms with Gasteiger partial charge >= 0.3 is 0 Å². The lowest BCUT2D eigenvalue weighted by Crippen LogP contribution is -2.00. The highest BCUT2D eigenvalue weighted by molar-refractivity contribution is 9.10. The van der Waals surface area contributed by atoms with Crippen LogP contribution in [0.1, 0.15) is 5.56 Å². The van der Waals surface area contributed by atoms with Gasteiger partial charge in [-0.1, -0.05) is 40.2 Å². The SMILES string of the molecule is Oc1c(F)cccc1CNc1ccc2cc(Br)ccc2c1. The summed E-state index contributed by atoms with van der Waals surface area (Å²) in [5, 5.41) is 15.1. The van der Waals surface area contributed by atoms with E-state index in [1.54, 1.807) is 12.1 Å². The molecule has 0 bridgehead atoms. The Morgan fingerprint density at radius 1 is 1.00 bits per heavy atom. The number of hydrogen-bond donors (Lipinski definition) is 2. The molecule has 0 saturated heterocycles. The maximum absolute atomic E-state index is 13.3. The molecule has 0 radical (unpaired) electrons. The van der Waals surface area contributed by atoms with Crippen LogP contribution in [0.15, 0.2) is 59.1 Å². The van der Waals surface area contributed by atoms with Crippen LogP contribution < -0.4 is 5.32 Å². The molecule has 0 saturated carbocycles. The Morgan fingerprint density at radius 2 is 1.76 bits per heavy atom. The van der Waals surface area contributed by atoms with Gasteiger partial charge in [-0.3, -0.25) is 0 Å². The molecule has 3 aromatic rings. The van der Waals surface area contributed by atoms with Gasteiger partial charge in [0.05, 0.1) is 0 Å². The summed E-state index contributed by atoms with van der Waals surface area (Å²) < 4.78 is 14.3. The van der Waals surface area contributed by atoms with Gasteiger partial charge in [0.15, 0.2) is 11.6 Å². The summed E-state index contributed by atoms with van der Waals surface area (Å²) in [7, 11) is 0. The highest BCUT2D eigenvalue weighted by Gasteiger charge is 2.06. The van der Waals surface area contributed by atoms with Gasteiger partial charge in [0.2, 0.25) is 0 Å². The molecule has 3 aromatic carbocycles. The van der Waals surface area contributed by atoms with Crippen LogP contribution in [-0.4, -0.2) is 5.11 Å². The molecule has 0 heterocycles. The minimum atomic E-state index is -0.599. The third kappa shape index (κ3) is 3.00. The number of rotatable bonds is 3. The van der Waals surface area contributed by atoms with Gasteiger partial charge in [-0.2, -0.15) is 0 Å². The highest BCUT2D eigenvalue weighted by Crippen LogP contribution is 2.25. The first-order valence-corrected chi connectivity index (χ1v) is 7.32. The number of fused-ring (bicyclic) bond motifs is 1. The average Bonchev–Trinajstić information content (AvgIpc) is 2.49. The minimum Gasteiger partial charge on any atom is -0.505 e. The molecular weight excluding hydrogens is 333 g/mol. The van der Waals surface area contributed by atoms with E-state index in [1.165, 1.54) is 6.07 Å². The number of phenolic OH excluding ortho intramolecular Hbond substituents is 1. The highest BCUT2D eigenvalue weighted by atomic mass is 79.9. The Labute approximate surface area is 130 Å². The Morgan fingerprint density at radius 3 is 2.62 bits per heavy atom. The van der Waals surface area contributed by atoms with Crippen molar-refractivity contribution < 1.29 is 9.50 Å². The molecule has 0 aliphatic carbocycles. The van der Waals surface area contributed by atoms with Gasteiger partial charge in [-0.25, -0.2) is 4.39 Å². The fourth-order valence-electron chi connectivity index (χ4n) is 2.23. The third-order valence-electron chi connectivity index (χ3n) is 3.36. The number of anilines is 1. The summed E-state index contributed by atoms with van der Waals surface area (Å²) in [6, 6.07) is 16.6. The first-order chi connectivity index (χ1) is 10.1. The summed E-state index contributed by atoms with van der Waals surface area (Å²) in [4.78, 5) is 0. The van der Waals surface area contributed by atoms with E-state index in [4.69, 9.17) is 0 Å². The first kappa shape index (κ1) is 13.9. The summed E-state index contributed by atoms with van der Waals surface area (Å²) in [6.07, 6.45) is 0. The molecule has 0 amide bonds. The van der Waals surface area contributed by atoms with Crippen molar-refractivity contribution in [3.63, 3.8) is 0 Å². The predicted molar refractivity (Wildman–Crippen MR) is 87.0 cm³/mol. The monoisotopic (exact) mass is 345 g/mol. The number of nitrogens with one attached hydrogen (secondary N) is 1. The van der Waals surface area contributed by atoms with Crippen molar-refractivity contribution in [1.82, 2.24) is 0 Å². The van der Waals surface area contributed by atoms with E-state index in [2.05, 4.69) is 27.3 Å². The van der Waals surface area contributed by atoms with Gasteiger partial charge in [-0.05, 0) is 41.1 Å². The van der Waals surface area contributed by atoms with E-state index in [0.717, 1.165) is 20.9 Å². The van der Waals surface area contributed by atoms with E-state index in [-0.39, 0.29) is 5.75 Å². The third-order valence-corrected chi connectivity index (χ3v) is 3.85. The number of aromatic hydroxyl groups is 1. The number of halogens is 2. The van der Waals surface area contributed by atoms with E-state index in [0.29, 0.717) is 12.1 Å². The minimum absolute atomic E-state index is 0.297. The molecular formula is C17H13BrFNO. The second-order valence-corrected chi connectivity index (χ2v) is 5.72. The summed E-state index contributed by atoms with van der Waals surface area (Å²) in [5.41, 5.74) is 1.46. The second-order valence-electron chi connectivity index (χ2n) is 4.81. The lowest BCUT2D eigenvalue weighted by Gasteiger charge is -2.09. The predicted octanol–water partition coefficient (Wildman–Crippen LogP) is 5.06. The molecule has 0 unspecified atom stereocenters. The van der Waals surface area contributed by atoms with Gasteiger partial charge in [0.25, 0.3) is 0 Å². The summed E-state index contributed by atoms with van der Waals surface area (Å²) in [5.74, 6) is -0.896. The van der Waals surface area contributed by atoms with Crippen molar-refractivity contribution in [3.8, 4) is 5.75 Å². The van der Waals surface area contributed by atoms with Crippen LogP contribution in [0.3, 0.4) is 0 Å². The van der Waals surface area contributed by atoms with Gasteiger partial charge in [0, 0.05) is 22.3 Å².